The molecule has 1 aromatic heterocycles. The van der Waals surface area contributed by atoms with E-state index in [0.717, 1.165) is 50.5 Å². The molecule has 2 fully saturated rings. The number of carboxylic acids is 2. The van der Waals surface area contributed by atoms with Crippen LogP contribution in [0.3, 0.4) is 0 Å². The Morgan fingerprint density at radius 1 is 1.00 bits per heavy atom. The van der Waals surface area contributed by atoms with Crippen molar-refractivity contribution in [2.45, 2.75) is 24.3 Å². The van der Waals surface area contributed by atoms with Crippen LogP contribution in [0.15, 0.2) is 67.0 Å². The first kappa shape index (κ1) is 27.4. The number of carbonyl (C=O) groups excluding carboxylic acids is 1. The summed E-state index contributed by atoms with van der Waals surface area (Å²) in [4.78, 5) is 40.7. The predicted molar refractivity (Wildman–Crippen MR) is 139 cm³/mol. The molecule has 2 aliphatic heterocycles. The van der Waals surface area contributed by atoms with Gasteiger partial charge in [-0.3, -0.25) is 20.0 Å². The molecular weight excluding hydrogens is 480 g/mol. The summed E-state index contributed by atoms with van der Waals surface area (Å²) in [6.45, 7) is 4.74. The van der Waals surface area contributed by atoms with Gasteiger partial charge >= 0.3 is 11.9 Å². The minimum Gasteiger partial charge on any atom is -0.478 e. The number of aromatic nitrogens is 1. The van der Waals surface area contributed by atoms with Crippen molar-refractivity contribution in [3.8, 4) is 0 Å². The first-order valence-corrected chi connectivity index (χ1v) is 12.9. The zero-order valence-corrected chi connectivity index (χ0v) is 20.8. The number of nitrogens with one attached hydrogen (secondary N) is 1. The number of pyridine rings is 1. The van der Waals surface area contributed by atoms with Gasteiger partial charge in [-0.2, -0.15) is 0 Å². The van der Waals surface area contributed by atoms with Gasteiger partial charge < -0.3 is 15.1 Å². The summed E-state index contributed by atoms with van der Waals surface area (Å²) in [7, 11) is 0. The van der Waals surface area contributed by atoms with E-state index in [2.05, 4.69) is 51.6 Å². The summed E-state index contributed by atoms with van der Waals surface area (Å²) >= 11 is 1.80. The van der Waals surface area contributed by atoms with Crippen molar-refractivity contribution in [1.82, 2.24) is 20.1 Å². The molecule has 1 amide bonds. The molecule has 3 heterocycles. The maximum absolute atomic E-state index is 12.9. The second-order valence-electron chi connectivity index (χ2n) is 8.48. The first-order chi connectivity index (χ1) is 17.4. The Hall–Kier alpha value is -3.21. The standard InChI is InChI=1S/C22H28N4OS.C4H4O4/c27-22(20-17-28-21(24-20)19-9-4-10-23-16-19)26-14-12-25(13-15-26)11-5-8-18-6-2-1-3-7-18;5-3(6)1-2-4(7)8/h1-4,6-7,9-10,16,20-21,24H,5,8,11-15,17H2;1-2H,(H,5,6)(H,7,8)/b;2-1-. The van der Waals surface area contributed by atoms with E-state index in [4.69, 9.17) is 10.2 Å². The Kier molecular flexibility index (Phi) is 10.9. The number of benzene rings is 1. The lowest BCUT2D eigenvalue weighted by Gasteiger charge is -2.36. The number of hydrogen-bond acceptors (Lipinski definition) is 7. The molecule has 0 aliphatic carbocycles. The van der Waals surface area contributed by atoms with Gasteiger partial charge in [0.15, 0.2) is 0 Å². The van der Waals surface area contributed by atoms with Crippen LogP contribution >= 0.6 is 11.8 Å². The summed E-state index contributed by atoms with van der Waals surface area (Å²) < 4.78 is 0. The Morgan fingerprint density at radius 2 is 1.69 bits per heavy atom. The van der Waals surface area contributed by atoms with E-state index in [-0.39, 0.29) is 17.3 Å². The largest absolute Gasteiger partial charge is 0.478 e. The van der Waals surface area contributed by atoms with Crippen LogP contribution in [-0.4, -0.2) is 87.4 Å². The molecular formula is C26H32N4O5S. The third-order valence-corrected chi connectivity index (χ3v) is 7.17. The maximum Gasteiger partial charge on any atom is 0.328 e. The van der Waals surface area contributed by atoms with Crippen molar-refractivity contribution in [2.24, 2.45) is 0 Å². The molecule has 2 saturated heterocycles. The van der Waals surface area contributed by atoms with Gasteiger partial charge in [0.2, 0.25) is 5.91 Å². The molecule has 4 rings (SSSR count). The van der Waals surface area contributed by atoms with E-state index in [1.807, 2.05) is 17.2 Å². The quantitative estimate of drug-likeness (QED) is 0.457. The van der Waals surface area contributed by atoms with Gasteiger partial charge in [0.25, 0.3) is 0 Å². The lowest BCUT2D eigenvalue weighted by atomic mass is 10.1. The van der Waals surface area contributed by atoms with Crippen LogP contribution in [0.4, 0.5) is 0 Å². The molecule has 0 bridgehead atoms. The number of carboxylic acid groups (broad SMARTS) is 2. The minimum atomic E-state index is -1.26. The molecule has 2 unspecified atom stereocenters. The summed E-state index contributed by atoms with van der Waals surface area (Å²) in [5, 5.41) is 19.3. The van der Waals surface area contributed by atoms with Crippen LogP contribution in [0, 0.1) is 0 Å². The van der Waals surface area contributed by atoms with Crippen LogP contribution in [0.1, 0.15) is 22.9 Å². The SMILES string of the molecule is O=C(C1CSC(c2cccnc2)N1)N1CCN(CCCc2ccccc2)CC1.O=C(O)/C=C\C(=O)O. The highest BCUT2D eigenvalue weighted by Gasteiger charge is 2.34. The van der Waals surface area contributed by atoms with Crippen LogP contribution in [0.25, 0.3) is 0 Å². The highest BCUT2D eigenvalue weighted by Crippen LogP contribution is 2.32. The molecule has 10 heteroatoms. The molecule has 9 nitrogen and oxygen atoms in total. The molecule has 0 radical (unpaired) electrons. The Balaban J connectivity index is 0.000000392. The highest BCUT2D eigenvalue weighted by atomic mass is 32.2. The minimum absolute atomic E-state index is 0.0835. The van der Waals surface area contributed by atoms with Crippen LogP contribution in [0.2, 0.25) is 0 Å². The Morgan fingerprint density at radius 3 is 2.31 bits per heavy atom. The van der Waals surface area contributed by atoms with Crippen molar-refractivity contribution < 1.29 is 24.6 Å². The van der Waals surface area contributed by atoms with Crippen LogP contribution in [-0.2, 0) is 20.8 Å². The zero-order valence-electron chi connectivity index (χ0n) is 20.0. The third kappa shape index (κ3) is 9.10. The average molecular weight is 513 g/mol. The average Bonchev–Trinajstić information content (AvgIpc) is 3.40. The molecule has 0 spiro atoms. The molecule has 192 valence electrons. The first-order valence-electron chi connectivity index (χ1n) is 11.9. The second-order valence-corrected chi connectivity index (χ2v) is 9.62. The lowest BCUT2D eigenvalue weighted by molar-refractivity contribution is -0.134. The third-order valence-electron chi connectivity index (χ3n) is 5.90. The molecule has 2 aliphatic rings. The van der Waals surface area contributed by atoms with Crippen LogP contribution < -0.4 is 5.32 Å². The van der Waals surface area contributed by atoms with E-state index in [1.165, 1.54) is 12.0 Å². The molecule has 0 saturated carbocycles. The molecule has 3 N–H and O–H groups in total. The molecule has 2 atom stereocenters. The lowest BCUT2D eigenvalue weighted by Crippen LogP contribution is -2.53. The summed E-state index contributed by atoms with van der Waals surface area (Å²) in [6.07, 6.45) is 7.08. The second kappa shape index (κ2) is 14.4. The van der Waals surface area contributed by atoms with Gasteiger partial charge in [0.1, 0.15) is 0 Å². The fourth-order valence-corrected chi connectivity index (χ4v) is 5.26. The maximum atomic E-state index is 12.9. The van der Waals surface area contributed by atoms with Gasteiger partial charge in [-0.25, -0.2) is 9.59 Å². The van der Waals surface area contributed by atoms with E-state index in [9.17, 15) is 14.4 Å². The van der Waals surface area contributed by atoms with Gasteiger partial charge in [-0.15, -0.1) is 11.8 Å². The predicted octanol–water partition coefficient (Wildman–Crippen LogP) is 2.27. The summed E-state index contributed by atoms with van der Waals surface area (Å²) in [6, 6.07) is 14.6. The summed E-state index contributed by atoms with van der Waals surface area (Å²) in [5.74, 6) is -1.43. The van der Waals surface area contributed by atoms with Gasteiger partial charge in [-0.05, 0) is 36.6 Å². The highest BCUT2D eigenvalue weighted by molar-refractivity contribution is 7.99. The van der Waals surface area contributed by atoms with E-state index in [1.54, 1.807) is 18.0 Å². The monoisotopic (exact) mass is 512 g/mol. The molecule has 2 aromatic rings. The summed E-state index contributed by atoms with van der Waals surface area (Å²) in [5.41, 5.74) is 2.55. The number of nitrogens with zero attached hydrogens (tertiary/aromatic N) is 3. The van der Waals surface area contributed by atoms with Crippen molar-refractivity contribution in [1.29, 1.82) is 0 Å². The number of piperazine rings is 1. The van der Waals surface area contributed by atoms with Crippen molar-refractivity contribution in [3.05, 3.63) is 78.1 Å². The van der Waals surface area contributed by atoms with Crippen molar-refractivity contribution in [2.75, 3.05) is 38.5 Å². The number of amides is 1. The number of thioether (sulfide) groups is 1. The number of carbonyl (C=O) groups is 3. The number of aliphatic carboxylic acids is 2. The van der Waals surface area contributed by atoms with E-state index < -0.39 is 11.9 Å². The number of hydrogen-bond donors (Lipinski definition) is 3. The molecule has 36 heavy (non-hydrogen) atoms. The Bertz CT molecular complexity index is 998. The van der Waals surface area contributed by atoms with Crippen molar-refractivity contribution >= 4 is 29.6 Å². The van der Waals surface area contributed by atoms with Gasteiger partial charge in [-0.1, -0.05) is 36.4 Å². The number of rotatable bonds is 8. The Labute approximate surface area is 215 Å². The smallest absolute Gasteiger partial charge is 0.328 e. The van der Waals surface area contributed by atoms with Crippen molar-refractivity contribution in [3.63, 3.8) is 0 Å². The molecule has 1 aromatic carbocycles. The van der Waals surface area contributed by atoms with E-state index >= 15 is 0 Å². The van der Waals surface area contributed by atoms with Gasteiger partial charge in [0, 0.05) is 56.5 Å². The fraction of sp³-hybridized carbons (Fsp3) is 0.385. The normalized spacial score (nSPS) is 20.1. The topological polar surface area (TPSA) is 123 Å². The fourth-order valence-electron chi connectivity index (χ4n) is 4.04. The van der Waals surface area contributed by atoms with Gasteiger partial charge in [0.05, 0.1) is 11.4 Å². The van der Waals surface area contributed by atoms with E-state index in [0.29, 0.717) is 12.2 Å². The zero-order chi connectivity index (χ0) is 25.8. The van der Waals surface area contributed by atoms with Crippen LogP contribution in [0.5, 0.6) is 0 Å². The number of aryl methyl sites for hydroxylation is 1.